The average molecular weight is 246 g/mol. The second kappa shape index (κ2) is 5.44. The van der Waals surface area contributed by atoms with Crippen LogP contribution < -0.4 is 11.1 Å². The van der Waals surface area contributed by atoms with Gasteiger partial charge in [0, 0.05) is 6.04 Å². The summed E-state index contributed by atoms with van der Waals surface area (Å²) < 4.78 is 12.8. The average Bonchev–Trinajstić information content (AvgIpc) is 2.32. The predicted octanol–water partition coefficient (Wildman–Crippen LogP) is 2.24. The molecule has 0 amide bonds. The van der Waals surface area contributed by atoms with Crippen molar-refractivity contribution in [1.29, 1.82) is 0 Å². The summed E-state index contributed by atoms with van der Waals surface area (Å²) in [5.74, 6) is 0.805. The van der Waals surface area contributed by atoms with Gasteiger partial charge < -0.3 is 11.1 Å². The molecule has 1 heterocycles. The van der Waals surface area contributed by atoms with Crippen molar-refractivity contribution < 1.29 is 4.39 Å². The molecular weight excluding hydrogens is 231 g/mol. The Morgan fingerprint density at radius 2 is 2.00 bits per heavy atom. The summed E-state index contributed by atoms with van der Waals surface area (Å²) in [6.07, 6.45) is 3.89. The molecule has 18 heavy (non-hydrogen) atoms. The molecule has 0 aliphatic carbocycles. The Labute approximate surface area is 105 Å². The number of nitrogens with two attached hydrogens (primary N) is 1. The van der Waals surface area contributed by atoms with E-state index in [0.717, 1.165) is 12.0 Å². The molecule has 5 heteroatoms. The summed E-state index contributed by atoms with van der Waals surface area (Å²) in [6.45, 7) is 2.02. The largest absolute Gasteiger partial charge is 0.382 e. The normalized spacial score (nSPS) is 12.1. The Balaban J connectivity index is 1.96. The van der Waals surface area contributed by atoms with E-state index in [9.17, 15) is 4.39 Å². The number of hydrogen-bond donors (Lipinski definition) is 2. The van der Waals surface area contributed by atoms with Gasteiger partial charge in [-0.05, 0) is 31.0 Å². The Kier molecular flexibility index (Phi) is 3.72. The topological polar surface area (TPSA) is 63.8 Å². The van der Waals surface area contributed by atoms with Crippen molar-refractivity contribution in [3.05, 3.63) is 48.0 Å². The predicted molar refractivity (Wildman–Crippen MR) is 69.6 cm³/mol. The van der Waals surface area contributed by atoms with E-state index < -0.39 is 0 Å². The summed E-state index contributed by atoms with van der Waals surface area (Å²) in [5.41, 5.74) is 6.61. The van der Waals surface area contributed by atoms with Crippen LogP contribution in [0.15, 0.2) is 36.7 Å². The first-order chi connectivity index (χ1) is 8.63. The van der Waals surface area contributed by atoms with Crippen molar-refractivity contribution in [2.24, 2.45) is 0 Å². The smallest absolute Gasteiger partial charge is 0.147 e. The molecule has 3 N–H and O–H groups in total. The number of nitrogen functional groups attached to an aromatic ring is 1. The lowest BCUT2D eigenvalue weighted by atomic mass is 10.1. The van der Waals surface area contributed by atoms with Crippen LogP contribution in [-0.4, -0.2) is 16.0 Å². The standard InChI is InChI=1S/C13H15FN4/c1-9(6-10-2-4-11(14)5-3-10)17-13-8-16-7-12(15)18-13/h2-5,7-9H,6H2,1H3,(H3,15,17,18). The number of aromatic nitrogens is 2. The third kappa shape index (κ3) is 3.41. The van der Waals surface area contributed by atoms with Gasteiger partial charge in [-0.3, -0.25) is 4.98 Å². The summed E-state index contributed by atoms with van der Waals surface area (Å²) in [7, 11) is 0. The Hall–Kier alpha value is -2.17. The highest BCUT2D eigenvalue weighted by Gasteiger charge is 2.05. The third-order valence-electron chi connectivity index (χ3n) is 2.50. The molecule has 1 aromatic carbocycles. The monoisotopic (exact) mass is 246 g/mol. The lowest BCUT2D eigenvalue weighted by molar-refractivity contribution is 0.626. The molecular formula is C13H15FN4. The van der Waals surface area contributed by atoms with E-state index in [4.69, 9.17) is 5.73 Å². The van der Waals surface area contributed by atoms with Crippen LogP contribution in [0.4, 0.5) is 16.0 Å². The zero-order valence-corrected chi connectivity index (χ0v) is 10.1. The fourth-order valence-corrected chi connectivity index (χ4v) is 1.73. The summed E-state index contributed by atoms with van der Waals surface area (Å²) >= 11 is 0. The molecule has 0 spiro atoms. The molecule has 0 fully saturated rings. The molecule has 0 bridgehead atoms. The highest BCUT2D eigenvalue weighted by Crippen LogP contribution is 2.10. The van der Waals surface area contributed by atoms with Gasteiger partial charge in [-0.25, -0.2) is 9.37 Å². The molecule has 0 radical (unpaired) electrons. The van der Waals surface area contributed by atoms with Crippen LogP contribution in [0.25, 0.3) is 0 Å². The molecule has 2 rings (SSSR count). The van der Waals surface area contributed by atoms with Crippen molar-refractivity contribution in [3.8, 4) is 0 Å². The van der Waals surface area contributed by atoms with Gasteiger partial charge in [0.2, 0.25) is 0 Å². The van der Waals surface area contributed by atoms with Gasteiger partial charge >= 0.3 is 0 Å². The highest BCUT2D eigenvalue weighted by molar-refractivity contribution is 5.39. The zero-order chi connectivity index (χ0) is 13.0. The third-order valence-corrected chi connectivity index (χ3v) is 2.50. The molecule has 2 aromatic rings. The van der Waals surface area contributed by atoms with Crippen LogP contribution in [-0.2, 0) is 6.42 Å². The van der Waals surface area contributed by atoms with E-state index >= 15 is 0 Å². The molecule has 0 saturated heterocycles. The van der Waals surface area contributed by atoms with Crippen LogP contribution in [0, 0.1) is 5.82 Å². The molecule has 0 saturated carbocycles. The first-order valence-electron chi connectivity index (χ1n) is 5.72. The number of rotatable bonds is 4. The van der Waals surface area contributed by atoms with E-state index in [1.165, 1.54) is 18.3 Å². The van der Waals surface area contributed by atoms with Gasteiger partial charge in [0.15, 0.2) is 0 Å². The number of hydrogen-bond acceptors (Lipinski definition) is 4. The summed E-state index contributed by atoms with van der Waals surface area (Å²) in [6, 6.07) is 6.63. The fourth-order valence-electron chi connectivity index (χ4n) is 1.73. The van der Waals surface area contributed by atoms with Crippen LogP contribution >= 0.6 is 0 Å². The Bertz CT molecular complexity index is 513. The number of nitrogens with one attached hydrogen (secondary N) is 1. The minimum Gasteiger partial charge on any atom is -0.382 e. The van der Waals surface area contributed by atoms with Crippen molar-refractivity contribution in [3.63, 3.8) is 0 Å². The molecule has 0 aliphatic rings. The number of benzene rings is 1. The molecule has 1 atom stereocenters. The van der Waals surface area contributed by atoms with E-state index in [-0.39, 0.29) is 11.9 Å². The fraction of sp³-hybridized carbons (Fsp3) is 0.231. The van der Waals surface area contributed by atoms with E-state index in [0.29, 0.717) is 11.6 Å². The minimum absolute atomic E-state index is 0.159. The first kappa shape index (κ1) is 12.3. The van der Waals surface area contributed by atoms with Crippen LogP contribution in [0.2, 0.25) is 0 Å². The Morgan fingerprint density at radius 1 is 1.28 bits per heavy atom. The summed E-state index contributed by atoms with van der Waals surface area (Å²) in [4.78, 5) is 8.07. The number of anilines is 2. The molecule has 1 aromatic heterocycles. The molecule has 1 unspecified atom stereocenters. The van der Waals surface area contributed by atoms with Gasteiger partial charge in [-0.2, -0.15) is 0 Å². The van der Waals surface area contributed by atoms with Gasteiger partial charge in [-0.1, -0.05) is 12.1 Å². The van der Waals surface area contributed by atoms with Crippen LogP contribution in [0.3, 0.4) is 0 Å². The van der Waals surface area contributed by atoms with E-state index in [1.54, 1.807) is 18.3 Å². The lowest BCUT2D eigenvalue weighted by Gasteiger charge is -2.14. The minimum atomic E-state index is -0.221. The second-order valence-electron chi connectivity index (χ2n) is 4.21. The highest BCUT2D eigenvalue weighted by atomic mass is 19.1. The van der Waals surface area contributed by atoms with Gasteiger partial charge in [0.05, 0.1) is 12.4 Å². The quantitative estimate of drug-likeness (QED) is 0.868. The second-order valence-corrected chi connectivity index (χ2v) is 4.21. The van der Waals surface area contributed by atoms with E-state index in [2.05, 4.69) is 15.3 Å². The van der Waals surface area contributed by atoms with Gasteiger partial charge in [0.25, 0.3) is 0 Å². The summed E-state index contributed by atoms with van der Waals surface area (Å²) in [5, 5.41) is 3.20. The molecule has 0 aliphatic heterocycles. The maximum absolute atomic E-state index is 12.8. The first-order valence-corrected chi connectivity index (χ1v) is 5.72. The number of halogens is 1. The van der Waals surface area contributed by atoms with Gasteiger partial charge in [-0.15, -0.1) is 0 Å². The van der Waals surface area contributed by atoms with Crippen LogP contribution in [0.1, 0.15) is 12.5 Å². The van der Waals surface area contributed by atoms with Crippen molar-refractivity contribution in [1.82, 2.24) is 9.97 Å². The zero-order valence-electron chi connectivity index (χ0n) is 10.1. The van der Waals surface area contributed by atoms with Crippen molar-refractivity contribution in [2.75, 3.05) is 11.1 Å². The SMILES string of the molecule is CC(Cc1ccc(F)cc1)Nc1cncc(N)n1. The lowest BCUT2D eigenvalue weighted by Crippen LogP contribution is -2.19. The van der Waals surface area contributed by atoms with Crippen LogP contribution in [0.5, 0.6) is 0 Å². The molecule has 4 nitrogen and oxygen atoms in total. The van der Waals surface area contributed by atoms with Crippen molar-refractivity contribution in [2.45, 2.75) is 19.4 Å². The van der Waals surface area contributed by atoms with Gasteiger partial charge in [0.1, 0.15) is 17.5 Å². The maximum atomic E-state index is 12.8. The van der Waals surface area contributed by atoms with E-state index in [1.807, 2.05) is 6.92 Å². The molecule has 94 valence electrons. The van der Waals surface area contributed by atoms with Crippen molar-refractivity contribution >= 4 is 11.6 Å². The Morgan fingerprint density at radius 3 is 2.67 bits per heavy atom. The maximum Gasteiger partial charge on any atom is 0.147 e. The number of nitrogens with zero attached hydrogens (tertiary/aromatic N) is 2.